The van der Waals surface area contributed by atoms with E-state index in [1.165, 1.54) is 29.7 Å². The van der Waals surface area contributed by atoms with Crippen LogP contribution in [0.4, 0.5) is 0 Å². The average molecular weight is 217 g/mol. The first-order valence-electron chi connectivity index (χ1n) is 6.35. The molecule has 1 saturated carbocycles. The predicted octanol–water partition coefficient (Wildman–Crippen LogP) is 3.19. The van der Waals surface area contributed by atoms with E-state index in [0.29, 0.717) is 5.41 Å². The van der Waals surface area contributed by atoms with E-state index in [4.69, 9.17) is 0 Å². The fraction of sp³-hybridized carbons (Fsp3) is 0.600. The van der Waals surface area contributed by atoms with Crippen LogP contribution in [0.25, 0.3) is 0 Å². The van der Waals surface area contributed by atoms with Crippen molar-refractivity contribution >= 4 is 0 Å². The zero-order valence-corrected chi connectivity index (χ0v) is 10.9. The lowest BCUT2D eigenvalue weighted by Gasteiger charge is -2.14. The van der Waals surface area contributed by atoms with Crippen molar-refractivity contribution in [3.8, 4) is 0 Å². The number of hydrogen-bond acceptors (Lipinski definition) is 1. The Kier molecular flexibility index (Phi) is 3.07. The summed E-state index contributed by atoms with van der Waals surface area (Å²) in [6, 6.07) is 6.98. The Bertz CT molecular complexity index is 363. The summed E-state index contributed by atoms with van der Waals surface area (Å²) in [5, 5.41) is 3.46. The molecule has 2 rings (SSSR count). The lowest BCUT2D eigenvalue weighted by atomic mass is 9.92. The largest absolute Gasteiger partial charge is 0.317 e. The van der Waals surface area contributed by atoms with Gasteiger partial charge in [0.2, 0.25) is 0 Å². The first-order chi connectivity index (χ1) is 7.56. The Morgan fingerprint density at radius 3 is 2.44 bits per heavy atom. The third-order valence-electron chi connectivity index (χ3n) is 3.93. The van der Waals surface area contributed by atoms with Crippen molar-refractivity contribution in [2.24, 2.45) is 5.92 Å². The molecule has 2 atom stereocenters. The minimum atomic E-state index is 0.430. The van der Waals surface area contributed by atoms with Gasteiger partial charge in [0.1, 0.15) is 0 Å². The lowest BCUT2D eigenvalue weighted by Crippen LogP contribution is -2.19. The molecule has 1 aromatic carbocycles. The number of rotatable bonds is 4. The Morgan fingerprint density at radius 1 is 1.25 bits per heavy atom. The molecule has 0 bridgehead atoms. The minimum Gasteiger partial charge on any atom is -0.317 e. The molecule has 0 spiro atoms. The molecule has 0 aromatic heterocycles. The molecule has 2 unspecified atom stereocenters. The summed E-state index contributed by atoms with van der Waals surface area (Å²) < 4.78 is 0. The highest BCUT2D eigenvalue weighted by atomic mass is 14.9. The fourth-order valence-electron chi connectivity index (χ4n) is 2.73. The normalized spacial score (nSPS) is 28.1. The Hall–Kier alpha value is -0.820. The van der Waals surface area contributed by atoms with Crippen molar-refractivity contribution in [1.29, 1.82) is 0 Å². The van der Waals surface area contributed by atoms with Gasteiger partial charge in [0.15, 0.2) is 0 Å². The van der Waals surface area contributed by atoms with E-state index in [1.54, 1.807) is 0 Å². The Morgan fingerprint density at radius 2 is 1.88 bits per heavy atom. The van der Waals surface area contributed by atoms with Gasteiger partial charge in [-0.3, -0.25) is 0 Å². The van der Waals surface area contributed by atoms with E-state index in [-0.39, 0.29) is 0 Å². The number of aryl methyl sites for hydroxylation is 2. The molecule has 16 heavy (non-hydrogen) atoms. The molecular weight excluding hydrogens is 194 g/mol. The molecule has 1 aromatic rings. The Labute approximate surface area is 99.3 Å². The quantitative estimate of drug-likeness (QED) is 0.816. The van der Waals surface area contributed by atoms with Crippen LogP contribution < -0.4 is 5.32 Å². The summed E-state index contributed by atoms with van der Waals surface area (Å²) in [6.07, 6.45) is 1.34. The standard InChI is InChI=1S/C15H23N/c1-5-16-10-14-9-15(14,4)13-7-11(2)6-12(3)8-13/h6-8,14,16H,5,9-10H2,1-4H3. The van der Waals surface area contributed by atoms with Crippen LogP contribution in [0, 0.1) is 19.8 Å². The van der Waals surface area contributed by atoms with Crippen LogP contribution in [-0.2, 0) is 5.41 Å². The van der Waals surface area contributed by atoms with Gasteiger partial charge in [-0.25, -0.2) is 0 Å². The molecule has 1 fully saturated rings. The van der Waals surface area contributed by atoms with E-state index in [2.05, 4.69) is 51.2 Å². The van der Waals surface area contributed by atoms with Gasteiger partial charge in [-0.05, 0) is 50.3 Å². The molecule has 1 aliphatic carbocycles. The number of nitrogens with one attached hydrogen (secondary N) is 1. The third-order valence-corrected chi connectivity index (χ3v) is 3.93. The number of hydrogen-bond donors (Lipinski definition) is 1. The van der Waals surface area contributed by atoms with Crippen molar-refractivity contribution in [1.82, 2.24) is 5.32 Å². The van der Waals surface area contributed by atoms with Crippen molar-refractivity contribution in [2.45, 2.75) is 39.5 Å². The van der Waals surface area contributed by atoms with Gasteiger partial charge in [-0.15, -0.1) is 0 Å². The maximum absolute atomic E-state index is 3.46. The molecule has 1 aliphatic rings. The number of benzene rings is 1. The summed E-state index contributed by atoms with van der Waals surface area (Å²) in [5.74, 6) is 0.827. The van der Waals surface area contributed by atoms with Gasteiger partial charge in [0.25, 0.3) is 0 Å². The molecule has 0 amide bonds. The maximum atomic E-state index is 3.46. The average Bonchev–Trinajstić information content (AvgIpc) is 2.87. The molecule has 1 heteroatoms. The van der Waals surface area contributed by atoms with Crippen LogP contribution in [0.1, 0.15) is 37.0 Å². The van der Waals surface area contributed by atoms with Crippen LogP contribution in [0.3, 0.4) is 0 Å². The zero-order valence-electron chi connectivity index (χ0n) is 10.9. The van der Waals surface area contributed by atoms with Crippen molar-refractivity contribution in [3.05, 3.63) is 34.9 Å². The van der Waals surface area contributed by atoms with Gasteiger partial charge >= 0.3 is 0 Å². The highest BCUT2D eigenvalue weighted by Gasteiger charge is 2.50. The second-order valence-corrected chi connectivity index (χ2v) is 5.50. The van der Waals surface area contributed by atoms with Gasteiger partial charge < -0.3 is 5.32 Å². The van der Waals surface area contributed by atoms with E-state index in [1.807, 2.05) is 0 Å². The smallest absolute Gasteiger partial charge is 0.00119 e. The molecule has 0 aliphatic heterocycles. The van der Waals surface area contributed by atoms with Crippen molar-refractivity contribution < 1.29 is 0 Å². The molecule has 0 radical (unpaired) electrons. The first-order valence-corrected chi connectivity index (χ1v) is 6.35. The van der Waals surface area contributed by atoms with Gasteiger partial charge in [0.05, 0.1) is 0 Å². The minimum absolute atomic E-state index is 0.430. The second kappa shape index (κ2) is 4.21. The SMILES string of the molecule is CCNCC1CC1(C)c1cc(C)cc(C)c1. The first kappa shape index (κ1) is 11.7. The Balaban J connectivity index is 2.13. The van der Waals surface area contributed by atoms with Crippen LogP contribution in [-0.4, -0.2) is 13.1 Å². The van der Waals surface area contributed by atoms with E-state index in [9.17, 15) is 0 Å². The van der Waals surface area contributed by atoms with Crippen LogP contribution in [0.15, 0.2) is 18.2 Å². The summed E-state index contributed by atoms with van der Waals surface area (Å²) >= 11 is 0. The third kappa shape index (κ3) is 2.15. The van der Waals surface area contributed by atoms with Gasteiger partial charge in [0, 0.05) is 0 Å². The van der Waals surface area contributed by atoms with Crippen LogP contribution in [0.5, 0.6) is 0 Å². The zero-order chi connectivity index (χ0) is 11.8. The summed E-state index contributed by atoms with van der Waals surface area (Å²) in [4.78, 5) is 0. The summed E-state index contributed by atoms with van der Waals surface area (Å²) in [5.41, 5.74) is 4.75. The highest BCUT2D eigenvalue weighted by molar-refractivity contribution is 5.38. The topological polar surface area (TPSA) is 12.0 Å². The van der Waals surface area contributed by atoms with Gasteiger partial charge in [-0.1, -0.05) is 43.2 Å². The molecular formula is C15H23N. The molecule has 0 heterocycles. The van der Waals surface area contributed by atoms with E-state index >= 15 is 0 Å². The lowest BCUT2D eigenvalue weighted by molar-refractivity contribution is 0.591. The van der Waals surface area contributed by atoms with Crippen LogP contribution >= 0.6 is 0 Å². The monoisotopic (exact) mass is 217 g/mol. The highest BCUT2D eigenvalue weighted by Crippen LogP contribution is 2.53. The molecule has 1 nitrogen and oxygen atoms in total. The van der Waals surface area contributed by atoms with Crippen molar-refractivity contribution in [3.63, 3.8) is 0 Å². The predicted molar refractivity (Wildman–Crippen MR) is 69.9 cm³/mol. The molecule has 1 N–H and O–H groups in total. The second-order valence-electron chi connectivity index (χ2n) is 5.50. The molecule has 0 saturated heterocycles. The van der Waals surface area contributed by atoms with E-state index in [0.717, 1.165) is 12.5 Å². The summed E-state index contributed by atoms with van der Waals surface area (Å²) in [7, 11) is 0. The van der Waals surface area contributed by atoms with E-state index < -0.39 is 0 Å². The van der Waals surface area contributed by atoms with Gasteiger partial charge in [-0.2, -0.15) is 0 Å². The fourth-order valence-corrected chi connectivity index (χ4v) is 2.73. The summed E-state index contributed by atoms with van der Waals surface area (Å²) in [6.45, 7) is 11.2. The molecule has 88 valence electrons. The van der Waals surface area contributed by atoms with Crippen molar-refractivity contribution in [2.75, 3.05) is 13.1 Å². The van der Waals surface area contributed by atoms with Crippen LogP contribution in [0.2, 0.25) is 0 Å². The maximum Gasteiger partial charge on any atom is -0.00119 e.